The predicted molar refractivity (Wildman–Crippen MR) is 74.4 cm³/mol. The summed E-state index contributed by atoms with van der Waals surface area (Å²) >= 11 is 1.80. The van der Waals surface area contributed by atoms with E-state index in [1.165, 1.54) is 10.6 Å². The van der Waals surface area contributed by atoms with Crippen LogP contribution in [0.4, 0.5) is 0 Å². The summed E-state index contributed by atoms with van der Waals surface area (Å²) in [6, 6.07) is 6.69. The lowest BCUT2D eigenvalue weighted by Gasteiger charge is -2.21. The molecular weight excluding hydrogens is 242 g/mol. The summed E-state index contributed by atoms with van der Waals surface area (Å²) in [5, 5.41) is 2.12. The molecule has 0 bridgehead atoms. The van der Waals surface area contributed by atoms with Crippen molar-refractivity contribution in [2.45, 2.75) is 38.6 Å². The minimum absolute atomic E-state index is 0.316. The molecule has 18 heavy (non-hydrogen) atoms. The van der Waals surface area contributed by atoms with Crippen LogP contribution in [0.1, 0.15) is 53.2 Å². The number of hydrogen-bond acceptors (Lipinski definition) is 2. The number of carbonyl (C=O) groups is 1. The van der Waals surface area contributed by atoms with Crippen LogP contribution in [-0.2, 0) is 6.42 Å². The molecule has 0 radical (unpaired) electrons. The van der Waals surface area contributed by atoms with Crippen molar-refractivity contribution in [2.75, 3.05) is 0 Å². The van der Waals surface area contributed by atoms with E-state index in [9.17, 15) is 4.79 Å². The van der Waals surface area contributed by atoms with Crippen LogP contribution in [0.2, 0.25) is 0 Å². The molecule has 0 aliphatic heterocycles. The Morgan fingerprint density at radius 2 is 2.28 bits per heavy atom. The lowest BCUT2D eigenvalue weighted by molar-refractivity contribution is 0.0971. The molecule has 1 aliphatic rings. The fraction of sp³-hybridized carbons (Fsp3) is 0.400. The van der Waals surface area contributed by atoms with Gasteiger partial charge in [-0.15, -0.1) is 11.3 Å². The number of thiophene rings is 1. The third kappa shape index (κ3) is 1.83. The van der Waals surface area contributed by atoms with Crippen molar-refractivity contribution in [2.24, 2.45) is 0 Å². The normalized spacial score (nSPS) is 16.6. The number of aromatic nitrogens is 1. The molecule has 0 spiro atoms. The zero-order valence-corrected chi connectivity index (χ0v) is 11.4. The molecule has 3 rings (SSSR count). The van der Waals surface area contributed by atoms with E-state index in [2.05, 4.69) is 35.2 Å². The lowest BCUT2D eigenvalue weighted by Crippen LogP contribution is -2.16. The van der Waals surface area contributed by atoms with Gasteiger partial charge in [0.25, 0.3) is 0 Å². The van der Waals surface area contributed by atoms with Crippen LogP contribution in [-0.4, -0.2) is 10.4 Å². The second kappa shape index (κ2) is 4.73. The summed E-state index contributed by atoms with van der Waals surface area (Å²) in [7, 11) is 0. The van der Waals surface area contributed by atoms with Crippen LogP contribution in [0.15, 0.2) is 29.8 Å². The van der Waals surface area contributed by atoms with Gasteiger partial charge in [0.15, 0.2) is 5.78 Å². The molecule has 1 unspecified atom stereocenters. The number of hydrogen-bond donors (Lipinski definition) is 0. The second-order valence-electron chi connectivity index (χ2n) is 4.80. The molecule has 0 fully saturated rings. The van der Waals surface area contributed by atoms with Crippen LogP contribution in [0.3, 0.4) is 0 Å². The Morgan fingerprint density at radius 1 is 1.39 bits per heavy atom. The van der Waals surface area contributed by atoms with Crippen LogP contribution in [0.5, 0.6) is 0 Å². The zero-order valence-electron chi connectivity index (χ0n) is 10.6. The maximum atomic E-state index is 11.9. The fourth-order valence-corrected chi connectivity index (χ4v) is 3.77. The highest BCUT2D eigenvalue weighted by Crippen LogP contribution is 2.31. The Labute approximate surface area is 111 Å². The van der Waals surface area contributed by atoms with Crippen molar-refractivity contribution >= 4 is 17.1 Å². The molecule has 0 aromatic carbocycles. The first-order valence-corrected chi connectivity index (χ1v) is 7.45. The van der Waals surface area contributed by atoms with Crippen LogP contribution < -0.4 is 0 Å². The number of carbonyl (C=O) groups excluding carboxylic acids is 1. The van der Waals surface area contributed by atoms with E-state index in [0.717, 1.165) is 24.8 Å². The highest BCUT2D eigenvalue weighted by molar-refractivity contribution is 7.10. The highest BCUT2D eigenvalue weighted by Gasteiger charge is 2.24. The van der Waals surface area contributed by atoms with Gasteiger partial charge in [0.1, 0.15) is 0 Å². The number of fused-ring (bicyclic) bond motifs is 1. The maximum absolute atomic E-state index is 11.9. The molecule has 3 heteroatoms. The summed E-state index contributed by atoms with van der Waals surface area (Å²) in [6.45, 7) is 2.21. The maximum Gasteiger partial charge on any atom is 0.164 e. The Kier molecular flexibility index (Phi) is 3.08. The fourth-order valence-electron chi connectivity index (χ4n) is 2.86. The molecule has 2 aromatic rings. The largest absolute Gasteiger partial charge is 0.343 e. The first-order chi connectivity index (χ1) is 8.81. The molecule has 0 saturated heterocycles. The van der Waals surface area contributed by atoms with E-state index in [4.69, 9.17) is 0 Å². The van der Waals surface area contributed by atoms with Gasteiger partial charge in [0, 0.05) is 28.8 Å². The van der Waals surface area contributed by atoms with E-state index in [-0.39, 0.29) is 0 Å². The zero-order chi connectivity index (χ0) is 12.5. The number of Topliss-reactive ketones (excluding diaryl/α,β-unsaturated/α-hetero) is 1. The van der Waals surface area contributed by atoms with Crippen LogP contribution >= 0.6 is 11.3 Å². The smallest absolute Gasteiger partial charge is 0.164 e. The summed E-state index contributed by atoms with van der Waals surface area (Å²) in [4.78, 5) is 13.3. The van der Waals surface area contributed by atoms with Crippen molar-refractivity contribution in [3.05, 3.63) is 45.9 Å². The van der Waals surface area contributed by atoms with E-state index in [1.54, 1.807) is 11.3 Å². The van der Waals surface area contributed by atoms with Crippen molar-refractivity contribution in [1.29, 1.82) is 0 Å². The van der Waals surface area contributed by atoms with Crippen molar-refractivity contribution in [3.8, 4) is 0 Å². The molecule has 2 aromatic heterocycles. The Hall–Kier alpha value is -1.35. The second-order valence-corrected chi connectivity index (χ2v) is 5.78. The number of ketones is 1. The average Bonchev–Trinajstić information content (AvgIpc) is 3.01. The Morgan fingerprint density at radius 3 is 3.00 bits per heavy atom. The van der Waals surface area contributed by atoms with E-state index in [0.29, 0.717) is 18.2 Å². The third-order valence-electron chi connectivity index (χ3n) is 3.74. The predicted octanol–water partition coefficient (Wildman–Crippen LogP) is 4.07. The highest BCUT2D eigenvalue weighted by atomic mass is 32.1. The molecule has 94 valence electrons. The van der Waals surface area contributed by atoms with Gasteiger partial charge in [-0.05, 0) is 36.8 Å². The summed E-state index contributed by atoms with van der Waals surface area (Å²) in [5.41, 5.74) is 2.20. The minimum atomic E-state index is 0.316. The van der Waals surface area contributed by atoms with Gasteiger partial charge >= 0.3 is 0 Å². The van der Waals surface area contributed by atoms with E-state index < -0.39 is 0 Å². The summed E-state index contributed by atoms with van der Waals surface area (Å²) in [6.07, 6.45) is 5.91. The average molecular weight is 259 g/mol. The lowest BCUT2D eigenvalue weighted by atomic mass is 9.96. The van der Waals surface area contributed by atoms with Gasteiger partial charge in [-0.3, -0.25) is 4.79 Å². The molecule has 0 N–H and O–H groups in total. The molecule has 2 nitrogen and oxygen atoms in total. The quantitative estimate of drug-likeness (QED) is 0.814. The van der Waals surface area contributed by atoms with Crippen molar-refractivity contribution < 1.29 is 4.79 Å². The van der Waals surface area contributed by atoms with Crippen molar-refractivity contribution in [3.63, 3.8) is 0 Å². The molecule has 0 saturated carbocycles. The molecule has 0 amide bonds. The number of nitrogens with zero attached hydrogens (tertiary/aromatic N) is 1. The number of rotatable bonds is 3. The Balaban J connectivity index is 2.04. The SMILES string of the molecule is CCC(c1cccs1)n1ccc2c1CCCC2=O. The van der Waals surface area contributed by atoms with E-state index in [1.807, 2.05) is 6.07 Å². The standard InChI is InChI=1S/C15H17NOS/c1-2-12(15-7-4-10-18-15)16-9-8-11-13(16)5-3-6-14(11)17/h4,7-10,12H,2-3,5-6H2,1H3. The van der Waals surface area contributed by atoms with Gasteiger partial charge in [0.2, 0.25) is 0 Å². The molecule has 2 heterocycles. The van der Waals surface area contributed by atoms with Crippen LogP contribution in [0.25, 0.3) is 0 Å². The van der Waals surface area contributed by atoms with Gasteiger partial charge in [-0.25, -0.2) is 0 Å². The molecular formula is C15H17NOS. The van der Waals surface area contributed by atoms with Crippen molar-refractivity contribution in [1.82, 2.24) is 4.57 Å². The van der Waals surface area contributed by atoms with Gasteiger partial charge in [-0.1, -0.05) is 13.0 Å². The molecule has 1 atom stereocenters. The summed E-state index contributed by atoms with van der Waals surface area (Å²) in [5.74, 6) is 0.316. The van der Waals surface area contributed by atoms with Gasteiger partial charge in [0.05, 0.1) is 6.04 Å². The van der Waals surface area contributed by atoms with E-state index >= 15 is 0 Å². The van der Waals surface area contributed by atoms with Gasteiger partial charge in [-0.2, -0.15) is 0 Å². The first-order valence-electron chi connectivity index (χ1n) is 6.57. The Bertz CT molecular complexity index is 553. The third-order valence-corrected chi connectivity index (χ3v) is 4.71. The molecule has 1 aliphatic carbocycles. The monoisotopic (exact) mass is 259 g/mol. The summed E-state index contributed by atoms with van der Waals surface area (Å²) < 4.78 is 2.32. The first kappa shape index (κ1) is 11.7. The minimum Gasteiger partial charge on any atom is -0.343 e. The van der Waals surface area contributed by atoms with Crippen LogP contribution in [0, 0.1) is 0 Å². The van der Waals surface area contributed by atoms with Gasteiger partial charge < -0.3 is 4.57 Å². The topological polar surface area (TPSA) is 22.0 Å².